The Labute approximate surface area is 155 Å². The summed E-state index contributed by atoms with van der Waals surface area (Å²) in [6.45, 7) is 0.607. The first-order chi connectivity index (χ1) is 13.2. The fourth-order valence-electron chi connectivity index (χ4n) is 3.51. The molecular formula is C20H20FN3O3. The molecule has 0 radical (unpaired) electrons. The van der Waals surface area contributed by atoms with Crippen molar-refractivity contribution < 1.29 is 18.4 Å². The molecule has 0 unspecified atom stereocenters. The summed E-state index contributed by atoms with van der Waals surface area (Å²) in [6, 6.07) is 8.22. The topological polar surface area (TPSA) is 77.2 Å². The van der Waals surface area contributed by atoms with Gasteiger partial charge in [-0.3, -0.25) is 9.78 Å². The minimum atomic E-state index is -0.343. The van der Waals surface area contributed by atoms with Crippen LogP contribution in [0.1, 0.15) is 36.2 Å². The van der Waals surface area contributed by atoms with Gasteiger partial charge >= 0.3 is 0 Å². The van der Waals surface area contributed by atoms with Crippen LogP contribution in [0.5, 0.6) is 5.75 Å². The third-order valence-corrected chi connectivity index (χ3v) is 4.98. The van der Waals surface area contributed by atoms with E-state index in [0.717, 1.165) is 25.7 Å². The summed E-state index contributed by atoms with van der Waals surface area (Å²) in [6.07, 6.45) is 6.80. The zero-order valence-electron chi connectivity index (χ0n) is 14.7. The van der Waals surface area contributed by atoms with Crippen molar-refractivity contribution in [1.82, 2.24) is 15.5 Å². The molecule has 0 spiro atoms. The minimum absolute atomic E-state index is 0.0834. The molecule has 2 aromatic heterocycles. The molecule has 6 nitrogen and oxygen atoms in total. The van der Waals surface area contributed by atoms with Crippen LogP contribution in [0.2, 0.25) is 0 Å². The molecule has 0 atom stereocenters. The molecular weight excluding hydrogens is 349 g/mol. The van der Waals surface area contributed by atoms with E-state index in [1.165, 1.54) is 12.3 Å². The maximum absolute atomic E-state index is 13.9. The summed E-state index contributed by atoms with van der Waals surface area (Å²) >= 11 is 0. The highest BCUT2D eigenvalue weighted by Gasteiger charge is 2.24. The van der Waals surface area contributed by atoms with E-state index in [9.17, 15) is 9.18 Å². The number of carbonyl (C=O) groups excluding carboxylic acids is 1. The smallest absolute Gasteiger partial charge is 0.289 e. The molecule has 4 rings (SSSR count). The lowest BCUT2D eigenvalue weighted by atomic mass is 9.87. The zero-order chi connectivity index (χ0) is 18.6. The molecule has 1 N–H and O–H groups in total. The molecule has 1 aliphatic rings. The zero-order valence-corrected chi connectivity index (χ0v) is 14.7. The van der Waals surface area contributed by atoms with E-state index < -0.39 is 0 Å². The van der Waals surface area contributed by atoms with Crippen LogP contribution in [0.15, 0.2) is 47.2 Å². The summed E-state index contributed by atoms with van der Waals surface area (Å²) in [4.78, 5) is 16.0. The van der Waals surface area contributed by atoms with Crippen LogP contribution in [0.4, 0.5) is 4.39 Å². The number of fused-ring (bicyclic) bond motifs is 1. The predicted molar refractivity (Wildman–Crippen MR) is 96.9 cm³/mol. The Hall–Kier alpha value is -2.96. The van der Waals surface area contributed by atoms with Gasteiger partial charge < -0.3 is 14.6 Å². The van der Waals surface area contributed by atoms with E-state index in [4.69, 9.17) is 9.26 Å². The Morgan fingerprint density at radius 2 is 2.04 bits per heavy atom. The predicted octanol–water partition coefficient (Wildman–Crippen LogP) is 3.73. The van der Waals surface area contributed by atoms with E-state index in [1.54, 1.807) is 24.4 Å². The van der Waals surface area contributed by atoms with E-state index in [2.05, 4.69) is 15.5 Å². The van der Waals surface area contributed by atoms with E-state index in [1.807, 2.05) is 6.07 Å². The van der Waals surface area contributed by atoms with Crippen LogP contribution in [-0.2, 0) is 0 Å². The lowest BCUT2D eigenvalue weighted by Crippen LogP contribution is -2.33. The second-order valence-electron chi connectivity index (χ2n) is 6.79. The average molecular weight is 369 g/mol. The number of pyridine rings is 1. The third-order valence-electron chi connectivity index (χ3n) is 4.98. The van der Waals surface area contributed by atoms with Crippen LogP contribution >= 0.6 is 0 Å². The van der Waals surface area contributed by atoms with Crippen molar-refractivity contribution in [2.75, 3.05) is 6.54 Å². The van der Waals surface area contributed by atoms with Gasteiger partial charge in [0.25, 0.3) is 5.91 Å². The lowest BCUT2D eigenvalue weighted by molar-refractivity contribution is 0.0893. The number of rotatable bonds is 5. The Balaban J connectivity index is 1.31. The third kappa shape index (κ3) is 3.92. The van der Waals surface area contributed by atoms with Crippen LogP contribution in [0.3, 0.4) is 0 Å². The van der Waals surface area contributed by atoms with Gasteiger partial charge in [0.1, 0.15) is 17.1 Å². The number of benzene rings is 1. The molecule has 0 bridgehead atoms. The molecule has 3 aromatic rings. The Morgan fingerprint density at radius 1 is 1.19 bits per heavy atom. The Morgan fingerprint density at radius 3 is 2.81 bits per heavy atom. The maximum atomic E-state index is 13.9. The summed E-state index contributed by atoms with van der Waals surface area (Å²) in [5.41, 5.74) is 0.332. The fourth-order valence-corrected chi connectivity index (χ4v) is 3.51. The molecule has 7 heteroatoms. The molecule has 1 saturated carbocycles. The monoisotopic (exact) mass is 369 g/mol. The molecule has 140 valence electrons. The molecule has 0 saturated heterocycles. The molecule has 1 aromatic carbocycles. The average Bonchev–Trinajstić information content (AvgIpc) is 3.23. The van der Waals surface area contributed by atoms with Crippen molar-refractivity contribution >= 4 is 16.8 Å². The first-order valence-corrected chi connectivity index (χ1v) is 9.09. The SMILES string of the molecule is O=C(NCC1CCC(Oc2ccnc3c(F)cccc23)CC1)c1ccno1. The number of ether oxygens (including phenoxy) is 1. The number of nitrogens with one attached hydrogen (secondary N) is 1. The van der Waals surface area contributed by atoms with Crippen LogP contribution in [0, 0.1) is 11.7 Å². The van der Waals surface area contributed by atoms with E-state index >= 15 is 0 Å². The second-order valence-corrected chi connectivity index (χ2v) is 6.79. The van der Waals surface area contributed by atoms with E-state index in [-0.39, 0.29) is 23.6 Å². The maximum Gasteiger partial charge on any atom is 0.289 e. The first kappa shape index (κ1) is 17.5. The van der Waals surface area contributed by atoms with Gasteiger partial charge in [-0.2, -0.15) is 0 Å². The normalized spacial score (nSPS) is 19.7. The molecule has 2 heterocycles. The number of nitrogens with zero attached hydrogens (tertiary/aromatic N) is 2. The quantitative estimate of drug-likeness (QED) is 0.741. The number of amides is 1. The lowest BCUT2D eigenvalue weighted by Gasteiger charge is -2.29. The number of halogens is 1. The van der Waals surface area contributed by atoms with Crippen molar-refractivity contribution in [3.8, 4) is 5.75 Å². The fraction of sp³-hybridized carbons (Fsp3) is 0.350. The van der Waals surface area contributed by atoms with Gasteiger partial charge in [0.15, 0.2) is 0 Å². The summed E-state index contributed by atoms with van der Waals surface area (Å²) in [5, 5.41) is 7.11. The largest absolute Gasteiger partial charge is 0.490 e. The summed E-state index contributed by atoms with van der Waals surface area (Å²) < 4.78 is 24.9. The summed E-state index contributed by atoms with van der Waals surface area (Å²) in [5.74, 6) is 0.717. The van der Waals surface area contributed by atoms with Crippen molar-refractivity contribution in [2.45, 2.75) is 31.8 Å². The standard InChI is InChI=1S/C20H20FN3O3/c21-16-3-1-2-15-17(8-10-22-19(15)16)26-14-6-4-13(5-7-14)12-23-20(25)18-9-11-24-27-18/h1-3,8-11,13-14H,4-7,12H2,(H,23,25). The van der Waals surface area contributed by atoms with Crippen LogP contribution < -0.4 is 10.1 Å². The number of para-hydroxylation sites is 1. The number of hydrogen-bond acceptors (Lipinski definition) is 5. The first-order valence-electron chi connectivity index (χ1n) is 9.09. The van der Waals surface area contributed by atoms with Gasteiger partial charge in [-0.05, 0) is 49.8 Å². The number of hydrogen-bond donors (Lipinski definition) is 1. The second kappa shape index (κ2) is 7.73. The Kier molecular flexibility index (Phi) is 5.00. The van der Waals surface area contributed by atoms with Gasteiger partial charge in [-0.1, -0.05) is 11.2 Å². The van der Waals surface area contributed by atoms with Gasteiger partial charge in [0, 0.05) is 24.2 Å². The highest BCUT2D eigenvalue weighted by atomic mass is 19.1. The van der Waals surface area contributed by atoms with Crippen LogP contribution in [0.25, 0.3) is 10.9 Å². The van der Waals surface area contributed by atoms with E-state index in [0.29, 0.717) is 29.1 Å². The van der Waals surface area contributed by atoms with Crippen molar-refractivity contribution in [3.05, 3.63) is 54.3 Å². The highest BCUT2D eigenvalue weighted by Crippen LogP contribution is 2.31. The Bertz CT molecular complexity index is 921. The van der Waals surface area contributed by atoms with Crippen molar-refractivity contribution in [1.29, 1.82) is 0 Å². The summed E-state index contributed by atoms with van der Waals surface area (Å²) in [7, 11) is 0. The number of aromatic nitrogens is 2. The van der Waals surface area contributed by atoms with Gasteiger partial charge in [-0.25, -0.2) is 4.39 Å². The minimum Gasteiger partial charge on any atom is -0.490 e. The van der Waals surface area contributed by atoms with Gasteiger partial charge in [-0.15, -0.1) is 0 Å². The molecule has 27 heavy (non-hydrogen) atoms. The molecule has 1 amide bonds. The van der Waals surface area contributed by atoms with Gasteiger partial charge in [0.2, 0.25) is 5.76 Å². The molecule has 1 aliphatic carbocycles. The van der Waals surface area contributed by atoms with Gasteiger partial charge in [0.05, 0.1) is 12.3 Å². The van der Waals surface area contributed by atoms with Crippen molar-refractivity contribution in [3.63, 3.8) is 0 Å². The molecule has 1 fully saturated rings. The van der Waals surface area contributed by atoms with Crippen LogP contribution in [-0.4, -0.2) is 28.7 Å². The highest BCUT2D eigenvalue weighted by molar-refractivity contribution is 5.91. The van der Waals surface area contributed by atoms with Crippen molar-refractivity contribution in [2.24, 2.45) is 5.92 Å². The number of carbonyl (C=O) groups is 1. The molecule has 0 aliphatic heterocycles.